The van der Waals surface area contributed by atoms with E-state index in [1.54, 1.807) is 13.0 Å². The molecule has 2 rings (SSSR count). The minimum absolute atomic E-state index is 0.136. The van der Waals surface area contributed by atoms with E-state index < -0.39 is 0 Å². The fraction of sp³-hybridized carbons (Fsp3) is 0.333. The van der Waals surface area contributed by atoms with Gasteiger partial charge in [0.1, 0.15) is 5.82 Å². The minimum atomic E-state index is -0.250. The number of amides is 1. The highest BCUT2D eigenvalue weighted by molar-refractivity contribution is 7.15. The van der Waals surface area contributed by atoms with Crippen molar-refractivity contribution >= 4 is 22.4 Å². The van der Waals surface area contributed by atoms with E-state index in [0.717, 1.165) is 16.1 Å². The topological polar surface area (TPSA) is 68.0 Å². The lowest BCUT2D eigenvalue weighted by Crippen LogP contribution is -2.26. The van der Waals surface area contributed by atoms with Gasteiger partial charge >= 0.3 is 0 Å². The molecule has 3 N–H and O–H groups in total. The molecule has 1 amide bonds. The number of anilines is 1. The molecule has 4 nitrogen and oxygen atoms in total. The highest BCUT2D eigenvalue weighted by Crippen LogP contribution is 2.25. The second kappa shape index (κ2) is 6.78. The van der Waals surface area contributed by atoms with Gasteiger partial charge in [-0.15, -0.1) is 11.3 Å². The summed E-state index contributed by atoms with van der Waals surface area (Å²) in [5.41, 5.74) is 7.20. The Morgan fingerprint density at radius 3 is 2.95 bits per heavy atom. The van der Waals surface area contributed by atoms with Gasteiger partial charge in [-0.25, -0.2) is 9.37 Å². The maximum atomic E-state index is 13.2. The predicted molar refractivity (Wildman–Crippen MR) is 82.9 cm³/mol. The van der Waals surface area contributed by atoms with Gasteiger partial charge in [-0.3, -0.25) is 4.79 Å². The van der Waals surface area contributed by atoms with Gasteiger partial charge in [0.25, 0.3) is 0 Å². The van der Waals surface area contributed by atoms with Gasteiger partial charge in [-0.1, -0.05) is 19.1 Å². The van der Waals surface area contributed by atoms with Gasteiger partial charge in [0.15, 0.2) is 5.13 Å². The third-order valence-corrected chi connectivity index (χ3v) is 4.25. The van der Waals surface area contributed by atoms with Crippen molar-refractivity contribution in [2.24, 2.45) is 11.7 Å². The van der Waals surface area contributed by atoms with Gasteiger partial charge in [-0.05, 0) is 24.6 Å². The van der Waals surface area contributed by atoms with Gasteiger partial charge in [0, 0.05) is 23.8 Å². The van der Waals surface area contributed by atoms with E-state index in [-0.39, 0.29) is 17.6 Å². The molecular weight excluding hydrogens is 289 g/mol. The zero-order valence-electron chi connectivity index (χ0n) is 12.0. The Hall–Kier alpha value is -1.79. The molecule has 0 aliphatic heterocycles. The number of nitrogens with two attached hydrogens (primary N) is 1. The number of benzene rings is 1. The fourth-order valence-corrected chi connectivity index (χ4v) is 2.81. The average molecular weight is 307 g/mol. The molecule has 0 aliphatic carbocycles. The smallest absolute Gasteiger partial charge is 0.230 e. The molecule has 0 saturated carbocycles. The molecule has 1 aromatic heterocycles. The van der Waals surface area contributed by atoms with Crippen LogP contribution in [0.4, 0.5) is 9.52 Å². The van der Waals surface area contributed by atoms with Crippen LogP contribution >= 0.6 is 11.3 Å². The van der Waals surface area contributed by atoms with Gasteiger partial charge in [0.05, 0.1) is 5.69 Å². The Morgan fingerprint density at radius 2 is 2.29 bits per heavy atom. The monoisotopic (exact) mass is 307 g/mol. The van der Waals surface area contributed by atoms with Crippen LogP contribution in [-0.4, -0.2) is 17.4 Å². The number of carbonyl (C=O) groups excluding carboxylic acids is 1. The summed E-state index contributed by atoms with van der Waals surface area (Å²) in [4.78, 5) is 17.1. The number of halogens is 1. The first-order valence-electron chi connectivity index (χ1n) is 6.71. The van der Waals surface area contributed by atoms with Gasteiger partial charge in [-0.2, -0.15) is 0 Å². The number of nitrogens with one attached hydrogen (secondary N) is 1. The zero-order chi connectivity index (χ0) is 15.4. The minimum Gasteiger partial charge on any atom is -0.330 e. The highest BCUT2D eigenvalue weighted by Gasteiger charge is 2.15. The maximum Gasteiger partial charge on any atom is 0.230 e. The second-order valence-electron chi connectivity index (χ2n) is 4.96. The van der Waals surface area contributed by atoms with E-state index in [2.05, 4.69) is 10.3 Å². The summed E-state index contributed by atoms with van der Waals surface area (Å²) in [7, 11) is 0. The second-order valence-corrected chi connectivity index (χ2v) is 6.04. The van der Waals surface area contributed by atoms with Crippen LogP contribution in [0.15, 0.2) is 24.3 Å². The molecule has 0 fully saturated rings. The largest absolute Gasteiger partial charge is 0.330 e. The van der Waals surface area contributed by atoms with E-state index in [4.69, 9.17) is 5.73 Å². The first kappa shape index (κ1) is 15.6. The van der Waals surface area contributed by atoms with Crippen LogP contribution in [0.5, 0.6) is 0 Å². The number of carbonyl (C=O) groups is 1. The van der Waals surface area contributed by atoms with Gasteiger partial charge in [0.2, 0.25) is 5.91 Å². The molecule has 2 aromatic rings. The summed E-state index contributed by atoms with van der Waals surface area (Å²) >= 11 is 1.41. The van der Waals surface area contributed by atoms with Crippen molar-refractivity contribution < 1.29 is 9.18 Å². The summed E-state index contributed by atoms with van der Waals surface area (Å²) in [6, 6.07) is 6.49. The van der Waals surface area contributed by atoms with Crippen LogP contribution < -0.4 is 11.1 Å². The van der Waals surface area contributed by atoms with Crippen LogP contribution in [-0.2, 0) is 11.2 Å². The Kier molecular flexibility index (Phi) is 5.03. The first-order valence-corrected chi connectivity index (χ1v) is 7.53. The molecule has 1 unspecified atom stereocenters. The summed E-state index contributed by atoms with van der Waals surface area (Å²) in [5.74, 6) is -0.635. The number of aryl methyl sites for hydroxylation is 1. The quantitative estimate of drug-likeness (QED) is 0.892. The van der Waals surface area contributed by atoms with E-state index in [0.29, 0.717) is 18.1 Å². The lowest BCUT2D eigenvalue weighted by Gasteiger charge is -2.06. The fourth-order valence-electron chi connectivity index (χ4n) is 1.81. The van der Waals surface area contributed by atoms with Crippen molar-refractivity contribution in [3.05, 3.63) is 46.2 Å². The Labute approximate surface area is 127 Å². The van der Waals surface area contributed by atoms with Crippen molar-refractivity contribution in [2.75, 3.05) is 11.9 Å². The standard InChI is InChI=1S/C15H18FN3OS/c1-9(8-17)14(20)19-15-18-10(2)13(21-15)7-11-4-3-5-12(16)6-11/h3-6,9H,7-8,17H2,1-2H3,(H,18,19,20). The lowest BCUT2D eigenvalue weighted by atomic mass is 10.1. The molecular formula is C15H18FN3OS. The van der Waals surface area contributed by atoms with Crippen LogP contribution in [0, 0.1) is 18.7 Å². The number of thiazole rings is 1. The Balaban J connectivity index is 2.10. The van der Waals surface area contributed by atoms with Crippen molar-refractivity contribution in [1.82, 2.24) is 4.98 Å². The zero-order valence-corrected chi connectivity index (χ0v) is 12.8. The van der Waals surface area contributed by atoms with E-state index in [1.807, 2.05) is 13.0 Å². The molecule has 0 bridgehead atoms. The first-order chi connectivity index (χ1) is 9.99. The van der Waals surface area contributed by atoms with Crippen molar-refractivity contribution in [2.45, 2.75) is 20.3 Å². The number of rotatable bonds is 5. The molecule has 0 aliphatic rings. The summed E-state index contributed by atoms with van der Waals surface area (Å²) in [6.45, 7) is 3.95. The molecule has 1 atom stereocenters. The average Bonchev–Trinajstić information content (AvgIpc) is 2.77. The van der Waals surface area contributed by atoms with E-state index in [9.17, 15) is 9.18 Å². The molecule has 1 aromatic carbocycles. The molecule has 0 saturated heterocycles. The number of aromatic nitrogens is 1. The number of nitrogens with zero attached hydrogens (tertiary/aromatic N) is 1. The number of hydrogen-bond donors (Lipinski definition) is 2. The summed E-state index contributed by atoms with van der Waals surface area (Å²) in [5, 5.41) is 3.32. The predicted octanol–water partition coefficient (Wildman–Crippen LogP) is 2.71. The molecule has 21 heavy (non-hydrogen) atoms. The van der Waals surface area contributed by atoms with Gasteiger partial charge < -0.3 is 11.1 Å². The van der Waals surface area contributed by atoms with Crippen LogP contribution in [0.1, 0.15) is 23.1 Å². The van der Waals surface area contributed by atoms with Crippen LogP contribution in [0.25, 0.3) is 0 Å². The Morgan fingerprint density at radius 1 is 1.52 bits per heavy atom. The van der Waals surface area contributed by atoms with E-state index in [1.165, 1.54) is 23.5 Å². The number of hydrogen-bond acceptors (Lipinski definition) is 4. The van der Waals surface area contributed by atoms with Crippen LogP contribution in [0.2, 0.25) is 0 Å². The molecule has 0 radical (unpaired) electrons. The molecule has 6 heteroatoms. The van der Waals surface area contributed by atoms with Crippen molar-refractivity contribution in [1.29, 1.82) is 0 Å². The highest BCUT2D eigenvalue weighted by atomic mass is 32.1. The van der Waals surface area contributed by atoms with Crippen LogP contribution in [0.3, 0.4) is 0 Å². The van der Waals surface area contributed by atoms with Crippen molar-refractivity contribution in [3.8, 4) is 0 Å². The normalized spacial score (nSPS) is 12.2. The van der Waals surface area contributed by atoms with E-state index >= 15 is 0 Å². The summed E-state index contributed by atoms with van der Waals surface area (Å²) < 4.78 is 13.2. The third kappa shape index (κ3) is 4.09. The molecule has 112 valence electrons. The molecule has 1 heterocycles. The molecule has 0 spiro atoms. The SMILES string of the molecule is Cc1nc(NC(=O)C(C)CN)sc1Cc1cccc(F)c1. The summed E-state index contributed by atoms with van der Waals surface area (Å²) in [6.07, 6.45) is 0.601. The third-order valence-electron chi connectivity index (χ3n) is 3.18. The lowest BCUT2D eigenvalue weighted by molar-refractivity contribution is -0.119. The van der Waals surface area contributed by atoms with Crippen molar-refractivity contribution in [3.63, 3.8) is 0 Å². The maximum absolute atomic E-state index is 13.2. The Bertz CT molecular complexity index is 642.